The average molecular weight is 353 g/mol. The summed E-state index contributed by atoms with van der Waals surface area (Å²) in [6.45, 7) is 4.52. The van der Waals surface area contributed by atoms with Crippen molar-refractivity contribution in [2.24, 2.45) is 0 Å². The van der Waals surface area contributed by atoms with Crippen LogP contribution in [0.2, 0.25) is 5.02 Å². The lowest BCUT2D eigenvalue weighted by molar-refractivity contribution is -0.686. The van der Waals surface area contributed by atoms with Crippen molar-refractivity contribution in [3.05, 3.63) is 100 Å². The Hall–Kier alpha value is -2.29. The summed E-state index contributed by atoms with van der Waals surface area (Å²) in [5.74, 6) is 0.942. The van der Waals surface area contributed by atoms with Crippen molar-refractivity contribution >= 4 is 11.6 Å². The molecule has 0 fully saturated rings. The zero-order valence-electron chi connectivity index (χ0n) is 14.4. The predicted molar refractivity (Wildman–Crippen MR) is 103 cm³/mol. The Balaban J connectivity index is 1.56. The topological polar surface area (TPSA) is 25.8 Å². The highest BCUT2D eigenvalue weighted by molar-refractivity contribution is 6.30. The normalized spacial score (nSPS) is 10.6. The van der Waals surface area contributed by atoms with Crippen molar-refractivity contribution < 1.29 is 10.1 Å². The first-order valence-electron chi connectivity index (χ1n) is 8.53. The van der Waals surface area contributed by atoms with E-state index < -0.39 is 0 Å². The fraction of sp³-hybridized carbons (Fsp3) is 0.182. The van der Waals surface area contributed by atoms with Gasteiger partial charge in [-0.3, -0.25) is 0 Å². The highest BCUT2D eigenvalue weighted by Crippen LogP contribution is 2.19. The van der Waals surface area contributed by atoms with Gasteiger partial charge >= 0.3 is 0 Å². The molecule has 2 nitrogen and oxygen atoms in total. The molecule has 3 heteroatoms. The number of benzene rings is 3. The molecular weight excluding hydrogens is 330 g/mol. The van der Waals surface area contributed by atoms with Gasteiger partial charge in [-0.25, -0.2) is 0 Å². The van der Waals surface area contributed by atoms with E-state index in [-0.39, 0.29) is 0 Å². The predicted octanol–water partition coefficient (Wildman–Crippen LogP) is 4.49. The van der Waals surface area contributed by atoms with Crippen molar-refractivity contribution in [1.82, 2.24) is 0 Å². The Morgan fingerprint density at radius 3 is 2.24 bits per heavy atom. The third-order valence-electron chi connectivity index (χ3n) is 4.15. The average Bonchev–Trinajstić information content (AvgIpc) is 2.64. The third kappa shape index (κ3) is 5.35. The summed E-state index contributed by atoms with van der Waals surface area (Å²) < 4.78 is 6.02. The maximum absolute atomic E-state index is 6.02. The summed E-state index contributed by atoms with van der Waals surface area (Å²) in [7, 11) is 0. The summed E-state index contributed by atoms with van der Waals surface area (Å²) in [6, 6.07) is 24.7. The Morgan fingerprint density at radius 1 is 0.800 bits per heavy atom. The number of hydrogen-bond donors (Lipinski definition) is 1. The number of nitrogens with two attached hydrogens (primary N) is 1. The Bertz CT molecular complexity index is 797. The molecule has 0 aliphatic carbocycles. The van der Waals surface area contributed by atoms with Gasteiger partial charge in [0.25, 0.3) is 0 Å². The van der Waals surface area contributed by atoms with E-state index in [1.54, 1.807) is 0 Å². The second kappa shape index (κ2) is 8.70. The van der Waals surface area contributed by atoms with Gasteiger partial charge in [-0.05, 0) is 36.8 Å². The van der Waals surface area contributed by atoms with Crippen molar-refractivity contribution in [2.45, 2.75) is 26.6 Å². The van der Waals surface area contributed by atoms with Gasteiger partial charge < -0.3 is 10.1 Å². The van der Waals surface area contributed by atoms with Crippen LogP contribution in [0.1, 0.15) is 22.3 Å². The van der Waals surface area contributed by atoms with Crippen LogP contribution < -0.4 is 10.1 Å². The molecule has 25 heavy (non-hydrogen) atoms. The molecule has 0 aliphatic rings. The molecule has 0 aliphatic heterocycles. The van der Waals surface area contributed by atoms with E-state index in [0.29, 0.717) is 6.61 Å². The van der Waals surface area contributed by atoms with Crippen molar-refractivity contribution in [1.29, 1.82) is 0 Å². The fourth-order valence-electron chi connectivity index (χ4n) is 2.67. The second-order valence-electron chi connectivity index (χ2n) is 6.21. The lowest BCUT2D eigenvalue weighted by Gasteiger charge is -2.11. The molecule has 3 aromatic carbocycles. The fourth-order valence-corrected chi connectivity index (χ4v) is 2.80. The summed E-state index contributed by atoms with van der Waals surface area (Å²) >= 11 is 5.93. The lowest BCUT2D eigenvalue weighted by atomic mass is 10.1. The van der Waals surface area contributed by atoms with E-state index in [9.17, 15) is 0 Å². The van der Waals surface area contributed by atoms with Crippen LogP contribution in [0.5, 0.6) is 5.75 Å². The maximum Gasteiger partial charge on any atom is 0.128 e. The van der Waals surface area contributed by atoms with Crippen LogP contribution in [0.15, 0.2) is 72.8 Å². The number of hydrogen-bond acceptors (Lipinski definition) is 1. The van der Waals surface area contributed by atoms with Gasteiger partial charge in [0.05, 0.1) is 0 Å². The molecule has 0 saturated heterocycles. The quantitative estimate of drug-likeness (QED) is 0.666. The van der Waals surface area contributed by atoms with Crippen molar-refractivity contribution in [3.8, 4) is 5.75 Å². The molecule has 0 spiro atoms. The Morgan fingerprint density at radius 2 is 1.48 bits per heavy atom. The molecule has 0 atom stereocenters. The first kappa shape index (κ1) is 17.5. The van der Waals surface area contributed by atoms with E-state index in [0.717, 1.165) is 29.4 Å². The third-order valence-corrected chi connectivity index (χ3v) is 4.40. The van der Waals surface area contributed by atoms with E-state index in [2.05, 4.69) is 48.6 Å². The molecule has 0 bridgehead atoms. The molecule has 0 aromatic heterocycles. The van der Waals surface area contributed by atoms with Gasteiger partial charge in [0.1, 0.15) is 25.4 Å². The summed E-state index contributed by atoms with van der Waals surface area (Å²) in [5.41, 5.74) is 4.96. The van der Waals surface area contributed by atoms with E-state index in [1.165, 1.54) is 16.7 Å². The molecule has 0 saturated carbocycles. The van der Waals surface area contributed by atoms with Gasteiger partial charge in [0.2, 0.25) is 0 Å². The molecule has 3 aromatic rings. The van der Waals surface area contributed by atoms with Gasteiger partial charge in [-0.15, -0.1) is 0 Å². The molecule has 0 radical (unpaired) electrons. The zero-order valence-corrected chi connectivity index (χ0v) is 15.2. The summed E-state index contributed by atoms with van der Waals surface area (Å²) in [5, 5.41) is 3.05. The largest absolute Gasteiger partial charge is 0.488 e. The summed E-state index contributed by atoms with van der Waals surface area (Å²) in [4.78, 5) is 0. The van der Waals surface area contributed by atoms with Crippen LogP contribution in [0.3, 0.4) is 0 Å². The van der Waals surface area contributed by atoms with Crippen LogP contribution in [0.4, 0.5) is 0 Å². The highest BCUT2D eigenvalue weighted by Gasteiger charge is 2.06. The first-order chi connectivity index (χ1) is 12.2. The highest BCUT2D eigenvalue weighted by atomic mass is 35.5. The number of ether oxygens (including phenoxy) is 1. The number of halogens is 1. The standard InChI is InChI=1S/C22H22ClNO/c1-17-6-8-18(9-7-17)14-24-15-20-4-2-3-5-22(20)25-16-19-10-12-21(23)13-11-19/h2-13,24H,14-16H2,1H3/p+1. The first-order valence-corrected chi connectivity index (χ1v) is 8.91. The zero-order chi connectivity index (χ0) is 17.5. The van der Waals surface area contributed by atoms with Gasteiger partial charge in [-0.2, -0.15) is 0 Å². The van der Waals surface area contributed by atoms with Crippen molar-refractivity contribution in [2.75, 3.05) is 0 Å². The van der Waals surface area contributed by atoms with Crippen LogP contribution in [0, 0.1) is 6.92 Å². The molecule has 128 valence electrons. The molecule has 0 unspecified atom stereocenters. The monoisotopic (exact) mass is 352 g/mol. The Labute approximate surface area is 154 Å². The maximum atomic E-state index is 6.02. The van der Waals surface area contributed by atoms with Gasteiger partial charge in [0, 0.05) is 16.1 Å². The van der Waals surface area contributed by atoms with Gasteiger partial charge in [0.15, 0.2) is 0 Å². The number of aryl methyl sites for hydroxylation is 1. The minimum atomic E-state index is 0.548. The van der Waals surface area contributed by atoms with E-state index >= 15 is 0 Å². The van der Waals surface area contributed by atoms with Crippen LogP contribution in [-0.2, 0) is 19.7 Å². The van der Waals surface area contributed by atoms with E-state index in [1.807, 2.05) is 36.4 Å². The summed E-state index contributed by atoms with van der Waals surface area (Å²) in [6.07, 6.45) is 0. The molecule has 2 N–H and O–H groups in total. The lowest BCUT2D eigenvalue weighted by Crippen LogP contribution is -2.80. The second-order valence-corrected chi connectivity index (χ2v) is 6.64. The minimum absolute atomic E-state index is 0.548. The molecule has 0 heterocycles. The smallest absolute Gasteiger partial charge is 0.128 e. The molecular formula is C22H23ClNO+. The van der Waals surface area contributed by atoms with Crippen LogP contribution in [0.25, 0.3) is 0 Å². The van der Waals surface area contributed by atoms with Crippen molar-refractivity contribution in [3.63, 3.8) is 0 Å². The van der Waals surface area contributed by atoms with Crippen LogP contribution >= 0.6 is 11.6 Å². The number of para-hydroxylation sites is 1. The van der Waals surface area contributed by atoms with Crippen LogP contribution in [-0.4, -0.2) is 0 Å². The molecule has 0 amide bonds. The minimum Gasteiger partial charge on any atom is -0.488 e. The Kier molecular flexibility index (Phi) is 6.10. The number of rotatable bonds is 7. The SMILES string of the molecule is Cc1ccc(C[NH2+]Cc2ccccc2OCc2ccc(Cl)cc2)cc1. The molecule has 3 rings (SSSR count). The van der Waals surface area contributed by atoms with E-state index in [4.69, 9.17) is 16.3 Å². The van der Waals surface area contributed by atoms with Gasteiger partial charge in [-0.1, -0.05) is 65.7 Å². The number of quaternary nitrogens is 1.